The zero-order chi connectivity index (χ0) is 12.3. The summed E-state index contributed by atoms with van der Waals surface area (Å²) in [5, 5.41) is 2.86. The largest absolute Gasteiger partial charge is 0.398 e. The van der Waals surface area contributed by atoms with Crippen LogP contribution in [0, 0.1) is 6.92 Å². The number of benzene rings is 1. The average Bonchev–Trinajstić information content (AvgIpc) is 2.78. The lowest BCUT2D eigenvalue weighted by Gasteiger charge is -2.12. The summed E-state index contributed by atoms with van der Waals surface area (Å²) in [4.78, 5) is 11.9. The van der Waals surface area contributed by atoms with E-state index >= 15 is 0 Å². The van der Waals surface area contributed by atoms with Crippen LogP contribution in [-0.2, 0) is 4.74 Å². The Hall–Kier alpha value is -1.55. The molecule has 4 nitrogen and oxygen atoms in total. The van der Waals surface area contributed by atoms with Crippen molar-refractivity contribution in [3.63, 3.8) is 0 Å². The molecule has 1 saturated heterocycles. The molecule has 2 rings (SSSR count). The van der Waals surface area contributed by atoms with Gasteiger partial charge in [-0.05, 0) is 37.5 Å². The van der Waals surface area contributed by atoms with Crippen LogP contribution in [0.4, 0.5) is 5.69 Å². The minimum Gasteiger partial charge on any atom is -0.398 e. The van der Waals surface area contributed by atoms with Gasteiger partial charge in [0, 0.05) is 18.8 Å². The zero-order valence-electron chi connectivity index (χ0n) is 10.0. The molecular formula is C13H18N2O2. The van der Waals surface area contributed by atoms with Crippen molar-refractivity contribution >= 4 is 11.6 Å². The second-order valence-corrected chi connectivity index (χ2v) is 4.44. The first-order chi connectivity index (χ1) is 8.16. The third-order valence-corrected chi connectivity index (χ3v) is 2.97. The van der Waals surface area contributed by atoms with Gasteiger partial charge in [0.1, 0.15) is 0 Å². The number of hydrogen-bond acceptors (Lipinski definition) is 3. The molecule has 0 aromatic heterocycles. The first-order valence-electron chi connectivity index (χ1n) is 5.93. The van der Waals surface area contributed by atoms with Crippen LogP contribution < -0.4 is 11.1 Å². The fraction of sp³-hybridized carbons (Fsp3) is 0.462. The third kappa shape index (κ3) is 2.97. The average molecular weight is 234 g/mol. The van der Waals surface area contributed by atoms with E-state index in [1.807, 2.05) is 13.0 Å². The van der Waals surface area contributed by atoms with E-state index in [4.69, 9.17) is 10.5 Å². The molecule has 92 valence electrons. The lowest BCUT2D eigenvalue weighted by atomic mass is 10.1. The summed E-state index contributed by atoms with van der Waals surface area (Å²) in [6.07, 6.45) is 2.25. The second kappa shape index (κ2) is 5.19. The maximum absolute atomic E-state index is 11.9. The summed E-state index contributed by atoms with van der Waals surface area (Å²) in [6.45, 7) is 3.31. The minimum atomic E-state index is -0.127. The highest BCUT2D eigenvalue weighted by atomic mass is 16.5. The van der Waals surface area contributed by atoms with Crippen molar-refractivity contribution in [3.05, 3.63) is 29.3 Å². The van der Waals surface area contributed by atoms with E-state index in [1.54, 1.807) is 12.1 Å². The Morgan fingerprint density at radius 3 is 3.06 bits per heavy atom. The highest BCUT2D eigenvalue weighted by molar-refractivity contribution is 5.99. The Bertz CT molecular complexity index is 412. The number of hydrogen-bond donors (Lipinski definition) is 2. The first kappa shape index (κ1) is 11.9. The van der Waals surface area contributed by atoms with Crippen LogP contribution in [0.3, 0.4) is 0 Å². The molecule has 1 aliphatic rings. The summed E-state index contributed by atoms with van der Waals surface area (Å²) < 4.78 is 5.44. The lowest BCUT2D eigenvalue weighted by Crippen LogP contribution is -2.32. The van der Waals surface area contributed by atoms with Crippen molar-refractivity contribution in [3.8, 4) is 0 Å². The quantitative estimate of drug-likeness (QED) is 0.779. The number of rotatable bonds is 3. The summed E-state index contributed by atoms with van der Waals surface area (Å²) in [7, 11) is 0. The van der Waals surface area contributed by atoms with Gasteiger partial charge in [-0.25, -0.2) is 0 Å². The Morgan fingerprint density at radius 2 is 2.41 bits per heavy atom. The van der Waals surface area contributed by atoms with E-state index in [0.29, 0.717) is 17.8 Å². The molecule has 4 heteroatoms. The highest BCUT2D eigenvalue weighted by Crippen LogP contribution is 2.14. The fourth-order valence-corrected chi connectivity index (χ4v) is 2.00. The lowest BCUT2D eigenvalue weighted by molar-refractivity contribution is 0.0858. The molecule has 0 spiro atoms. The maximum Gasteiger partial charge on any atom is 0.253 e. The molecule has 1 fully saturated rings. The van der Waals surface area contributed by atoms with E-state index in [0.717, 1.165) is 25.0 Å². The van der Waals surface area contributed by atoms with E-state index < -0.39 is 0 Å². The molecule has 3 N–H and O–H groups in total. The molecule has 1 atom stereocenters. The van der Waals surface area contributed by atoms with Gasteiger partial charge in [0.25, 0.3) is 5.91 Å². The number of nitrogens with one attached hydrogen (secondary N) is 1. The van der Waals surface area contributed by atoms with Crippen LogP contribution in [0.25, 0.3) is 0 Å². The van der Waals surface area contributed by atoms with Crippen molar-refractivity contribution in [1.82, 2.24) is 5.32 Å². The normalized spacial score (nSPS) is 19.2. The van der Waals surface area contributed by atoms with Gasteiger partial charge in [0.15, 0.2) is 0 Å². The van der Waals surface area contributed by atoms with Gasteiger partial charge in [-0.15, -0.1) is 0 Å². The molecule has 0 bridgehead atoms. The molecule has 1 aromatic carbocycles. The molecule has 17 heavy (non-hydrogen) atoms. The van der Waals surface area contributed by atoms with Crippen LogP contribution in [0.15, 0.2) is 18.2 Å². The Morgan fingerprint density at radius 1 is 1.59 bits per heavy atom. The number of nitrogens with two attached hydrogens (primary N) is 1. The number of amides is 1. The Balaban J connectivity index is 1.94. The molecule has 0 aliphatic carbocycles. The van der Waals surface area contributed by atoms with Crippen molar-refractivity contribution < 1.29 is 9.53 Å². The van der Waals surface area contributed by atoms with Gasteiger partial charge in [-0.1, -0.05) is 6.07 Å². The predicted molar refractivity (Wildman–Crippen MR) is 66.9 cm³/mol. The topological polar surface area (TPSA) is 64.3 Å². The monoisotopic (exact) mass is 234 g/mol. The van der Waals surface area contributed by atoms with Crippen molar-refractivity contribution in [2.75, 3.05) is 18.9 Å². The van der Waals surface area contributed by atoms with Gasteiger partial charge in [0.05, 0.1) is 11.7 Å². The number of anilines is 1. The molecule has 1 heterocycles. The van der Waals surface area contributed by atoms with Crippen LogP contribution in [0.5, 0.6) is 0 Å². The molecule has 0 radical (unpaired) electrons. The predicted octanol–water partition coefficient (Wildman–Crippen LogP) is 1.49. The van der Waals surface area contributed by atoms with Crippen molar-refractivity contribution in [1.29, 1.82) is 0 Å². The smallest absolute Gasteiger partial charge is 0.253 e. The summed E-state index contributed by atoms with van der Waals surface area (Å²) in [6, 6.07) is 5.45. The number of carbonyl (C=O) groups is 1. The Labute approximate surface area is 101 Å². The molecular weight excluding hydrogens is 216 g/mol. The van der Waals surface area contributed by atoms with Crippen LogP contribution in [0.1, 0.15) is 28.8 Å². The minimum absolute atomic E-state index is 0.127. The molecule has 1 amide bonds. The number of nitrogen functional groups attached to an aromatic ring is 1. The van der Waals surface area contributed by atoms with Crippen molar-refractivity contribution in [2.24, 2.45) is 0 Å². The number of carbonyl (C=O) groups excluding carboxylic acids is 1. The zero-order valence-corrected chi connectivity index (χ0v) is 10.0. The van der Waals surface area contributed by atoms with E-state index in [9.17, 15) is 4.79 Å². The molecule has 0 saturated carbocycles. The van der Waals surface area contributed by atoms with E-state index in [1.165, 1.54) is 0 Å². The van der Waals surface area contributed by atoms with Gasteiger partial charge >= 0.3 is 0 Å². The van der Waals surface area contributed by atoms with Gasteiger partial charge in [-0.3, -0.25) is 4.79 Å². The SMILES string of the molecule is Cc1ccc(C(=O)NCC2CCCO2)c(N)c1. The summed E-state index contributed by atoms with van der Waals surface area (Å²) >= 11 is 0. The second-order valence-electron chi connectivity index (χ2n) is 4.44. The van der Waals surface area contributed by atoms with Crippen LogP contribution >= 0.6 is 0 Å². The standard InChI is InChI=1S/C13H18N2O2/c1-9-4-5-11(12(14)7-9)13(16)15-8-10-3-2-6-17-10/h4-5,7,10H,2-3,6,8,14H2,1H3,(H,15,16). The summed E-state index contributed by atoms with van der Waals surface area (Å²) in [5.41, 5.74) is 7.93. The third-order valence-electron chi connectivity index (χ3n) is 2.97. The van der Waals surface area contributed by atoms with E-state index in [-0.39, 0.29) is 12.0 Å². The fourth-order valence-electron chi connectivity index (χ4n) is 2.00. The molecule has 1 unspecified atom stereocenters. The molecule has 1 aliphatic heterocycles. The van der Waals surface area contributed by atoms with Gasteiger partial charge in [0.2, 0.25) is 0 Å². The Kier molecular flexibility index (Phi) is 3.64. The van der Waals surface area contributed by atoms with E-state index in [2.05, 4.69) is 5.32 Å². The van der Waals surface area contributed by atoms with Crippen LogP contribution in [0.2, 0.25) is 0 Å². The molecule has 1 aromatic rings. The van der Waals surface area contributed by atoms with Gasteiger partial charge in [-0.2, -0.15) is 0 Å². The maximum atomic E-state index is 11.9. The number of ether oxygens (including phenoxy) is 1. The number of aryl methyl sites for hydroxylation is 1. The summed E-state index contributed by atoms with van der Waals surface area (Å²) in [5.74, 6) is -0.127. The first-order valence-corrected chi connectivity index (χ1v) is 5.93. The van der Waals surface area contributed by atoms with Gasteiger partial charge < -0.3 is 15.8 Å². The highest BCUT2D eigenvalue weighted by Gasteiger charge is 2.17. The van der Waals surface area contributed by atoms with Crippen LogP contribution in [-0.4, -0.2) is 25.2 Å². The van der Waals surface area contributed by atoms with Crippen molar-refractivity contribution in [2.45, 2.75) is 25.9 Å².